The first-order valence-corrected chi connectivity index (χ1v) is 17.9. The molecule has 3 aliphatic heterocycles. The highest BCUT2D eigenvalue weighted by Crippen LogP contribution is 2.50. The Morgan fingerprint density at radius 3 is 2.02 bits per heavy atom. The zero-order chi connectivity index (χ0) is 34.2. The van der Waals surface area contributed by atoms with Gasteiger partial charge in [-0.05, 0) is 114 Å². The minimum absolute atomic E-state index is 0.0703. The number of carbonyl (C=O) groups excluding carboxylic acids is 3. The minimum Gasteiger partial charge on any atom is -0.490 e. The molecule has 0 bridgehead atoms. The molecular weight excluding hydrogens is 729 g/mol. The number of rotatable bonds is 8. The average molecular weight is 768 g/mol. The lowest BCUT2D eigenvalue weighted by molar-refractivity contribution is -0.122. The van der Waals surface area contributed by atoms with Crippen LogP contribution in [-0.4, -0.2) is 43.6 Å². The van der Waals surface area contributed by atoms with Gasteiger partial charge in [0.05, 0.1) is 22.0 Å². The van der Waals surface area contributed by atoms with Crippen LogP contribution in [-0.2, 0) is 9.59 Å². The predicted octanol–water partition coefficient (Wildman–Crippen LogP) is 8.02. The van der Waals surface area contributed by atoms with Crippen molar-refractivity contribution in [2.75, 3.05) is 29.5 Å². The van der Waals surface area contributed by atoms with E-state index in [1.54, 1.807) is 6.07 Å². The van der Waals surface area contributed by atoms with Crippen LogP contribution in [0.5, 0.6) is 11.5 Å². The fourth-order valence-corrected chi connectivity index (χ4v) is 8.06. The molecule has 3 heterocycles. The first-order valence-electron chi connectivity index (χ1n) is 16.8. The van der Waals surface area contributed by atoms with E-state index in [0.29, 0.717) is 29.4 Å². The van der Waals surface area contributed by atoms with Crippen molar-refractivity contribution in [1.29, 1.82) is 0 Å². The second kappa shape index (κ2) is 13.7. The summed E-state index contributed by atoms with van der Waals surface area (Å²) in [6.07, 6.45) is 3.28. The van der Waals surface area contributed by atoms with Crippen LogP contribution in [0.3, 0.4) is 0 Å². The fraction of sp³-hybridized carbons (Fsp3) is 0.275. The maximum atomic E-state index is 14.3. The number of imide groups is 2. The van der Waals surface area contributed by atoms with Crippen LogP contribution < -0.4 is 24.6 Å². The Morgan fingerprint density at radius 1 is 0.878 bits per heavy atom. The number of urea groups is 1. The molecule has 8 nitrogen and oxygen atoms in total. The SMILES string of the molecule is CCOc1cc(/C=C2\C(=O)NC(=O)N(c3cc4c5c(c3)[C@@H](c3ccccc3)CCN5CC[C@@H]4c3ccccc3)C2=O)cc(I)c1OC(C)C. The quantitative estimate of drug-likeness (QED) is 0.111. The molecule has 250 valence electrons. The Kier molecular flexibility index (Phi) is 9.19. The van der Waals surface area contributed by atoms with E-state index in [4.69, 9.17) is 9.47 Å². The molecule has 4 aromatic carbocycles. The summed E-state index contributed by atoms with van der Waals surface area (Å²) >= 11 is 2.17. The van der Waals surface area contributed by atoms with Gasteiger partial charge in [0, 0.05) is 30.6 Å². The van der Waals surface area contributed by atoms with Crippen LogP contribution in [0.15, 0.2) is 90.5 Å². The van der Waals surface area contributed by atoms with E-state index in [2.05, 4.69) is 81.3 Å². The second-order valence-corrected chi connectivity index (χ2v) is 14.0. The molecule has 3 aliphatic rings. The molecule has 7 rings (SSSR count). The largest absolute Gasteiger partial charge is 0.490 e. The number of hydrogen-bond acceptors (Lipinski definition) is 6. The first kappa shape index (κ1) is 32.9. The Morgan fingerprint density at radius 2 is 1.47 bits per heavy atom. The van der Waals surface area contributed by atoms with Gasteiger partial charge >= 0.3 is 6.03 Å². The van der Waals surface area contributed by atoms with E-state index < -0.39 is 17.8 Å². The van der Waals surface area contributed by atoms with Crippen molar-refractivity contribution in [2.24, 2.45) is 0 Å². The van der Waals surface area contributed by atoms with Gasteiger partial charge in [0.1, 0.15) is 5.57 Å². The van der Waals surface area contributed by atoms with Crippen LogP contribution in [0.25, 0.3) is 6.08 Å². The number of carbonyl (C=O) groups is 3. The summed E-state index contributed by atoms with van der Waals surface area (Å²) < 4.78 is 12.7. The standard InChI is InChI=1S/C40H38IN3O5/c1-4-48-35-21-25(20-34(41)37(35)49-24(2)3)19-33-38(45)42-40(47)44(39(33)46)28-22-31-29(26-11-7-5-8-12-26)15-17-43-18-16-30(32(23-28)36(31)43)27-13-9-6-10-14-27/h5-14,19-24,29-30H,4,15-18H2,1-3H3,(H,42,45,47)/b33-19+/t29-,30-/m1/s1. The molecule has 49 heavy (non-hydrogen) atoms. The number of nitrogens with one attached hydrogen (secondary N) is 1. The van der Waals surface area contributed by atoms with Gasteiger partial charge < -0.3 is 14.4 Å². The van der Waals surface area contributed by atoms with Gasteiger partial charge in [0.15, 0.2) is 11.5 Å². The molecule has 2 atom stereocenters. The van der Waals surface area contributed by atoms with Crippen molar-refractivity contribution in [1.82, 2.24) is 5.32 Å². The summed E-state index contributed by atoms with van der Waals surface area (Å²) in [6, 6.07) is 27.6. The van der Waals surface area contributed by atoms with E-state index in [0.717, 1.165) is 45.5 Å². The van der Waals surface area contributed by atoms with Crippen molar-refractivity contribution in [3.8, 4) is 11.5 Å². The Hall–Kier alpha value is -4.64. The molecule has 0 radical (unpaired) electrons. The van der Waals surface area contributed by atoms with E-state index in [1.807, 2.05) is 51.1 Å². The highest BCUT2D eigenvalue weighted by atomic mass is 127. The normalized spacial score (nSPS) is 19.6. The molecule has 1 saturated heterocycles. The van der Waals surface area contributed by atoms with E-state index >= 15 is 0 Å². The molecule has 0 aromatic heterocycles. The summed E-state index contributed by atoms with van der Waals surface area (Å²) in [5, 5.41) is 2.44. The van der Waals surface area contributed by atoms with E-state index in [9.17, 15) is 14.4 Å². The monoisotopic (exact) mass is 767 g/mol. The van der Waals surface area contributed by atoms with Gasteiger partial charge in [0.25, 0.3) is 11.8 Å². The summed E-state index contributed by atoms with van der Waals surface area (Å²) in [5.74, 6) is -0.113. The molecule has 1 N–H and O–H groups in total. The van der Waals surface area contributed by atoms with Crippen molar-refractivity contribution in [2.45, 2.75) is 51.6 Å². The highest BCUT2D eigenvalue weighted by molar-refractivity contribution is 14.1. The number of amides is 4. The summed E-state index contributed by atoms with van der Waals surface area (Å²) in [7, 11) is 0. The van der Waals surface area contributed by atoms with Gasteiger partial charge in [0.2, 0.25) is 0 Å². The third-order valence-electron chi connectivity index (χ3n) is 9.36. The molecule has 4 aromatic rings. The Labute approximate surface area is 300 Å². The number of benzene rings is 4. The number of ether oxygens (including phenoxy) is 2. The van der Waals surface area contributed by atoms with Crippen molar-refractivity contribution >= 4 is 57.9 Å². The van der Waals surface area contributed by atoms with Gasteiger partial charge in [-0.15, -0.1) is 0 Å². The minimum atomic E-state index is -0.763. The van der Waals surface area contributed by atoms with Crippen molar-refractivity contribution in [3.05, 3.63) is 122 Å². The molecule has 9 heteroatoms. The smallest absolute Gasteiger partial charge is 0.335 e. The van der Waals surface area contributed by atoms with E-state index in [1.165, 1.54) is 22.9 Å². The third kappa shape index (κ3) is 6.32. The number of hydrogen-bond donors (Lipinski definition) is 1. The van der Waals surface area contributed by atoms with Gasteiger partial charge in [-0.3, -0.25) is 14.9 Å². The van der Waals surface area contributed by atoms with Crippen LogP contribution in [0, 0.1) is 3.57 Å². The van der Waals surface area contributed by atoms with Gasteiger partial charge in [-0.25, -0.2) is 9.69 Å². The van der Waals surface area contributed by atoms with E-state index in [-0.39, 0.29) is 23.5 Å². The number of anilines is 2. The van der Waals surface area contributed by atoms with Crippen LogP contribution in [0.2, 0.25) is 0 Å². The van der Waals surface area contributed by atoms with Crippen molar-refractivity contribution < 1.29 is 23.9 Å². The van der Waals surface area contributed by atoms with Gasteiger partial charge in [-0.1, -0.05) is 60.7 Å². The molecule has 0 unspecified atom stereocenters. The summed E-state index contributed by atoms with van der Waals surface area (Å²) in [5.41, 5.74) is 6.64. The topological polar surface area (TPSA) is 88.2 Å². The lowest BCUT2D eigenvalue weighted by atomic mass is 9.76. The van der Waals surface area contributed by atoms with Crippen LogP contribution in [0.4, 0.5) is 16.2 Å². The van der Waals surface area contributed by atoms with Gasteiger partial charge in [-0.2, -0.15) is 0 Å². The number of barbiturate groups is 1. The molecular formula is C40H38IN3O5. The third-order valence-corrected chi connectivity index (χ3v) is 10.2. The number of nitrogens with zero attached hydrogens (tertiary/aromatic N) is 2. The van der Waals surface area contributed by atoms with Crippen LogP contribution >= 0.6 is 22.6 Å². The number of halogens is 1. The lowest BCUT2D eigenvalue weighted by Crippen LogP contribution is -2.54. The zero-order valence-electron chi connectivity index (χ0n) is 27.7. The first-order chi connectivity index (χ1) is 23.7. The molecule has 0 saturated carbocycles. The maximum absolute atomic E-state index is 14.3. The Bertz CT molecular complexity index is 1890. The highest BCUT2D eigenvalue weighted by Gasteiger charge is 2.40. The fourth-order valence-electron chi connectivity index (χ4n) is 7.31. The maximum Gasteiger partial charge on any atom is 0.335 e. The molecule has 0 spiro atoms. The summed E-state index contributed by atoms with van der Waals surface area (Å²) in [4.78, 5) is 44.8. The lowest BCUT2D eigenvalue weighted by Gasteiger charge is -2.44. The summed E-state index contributed by atoms with van der Waals surface area (Å²) in [6.45, 7) is 8.03. The van der Waals surface area contributed by atoms with Crippen LogP contribution in [0.1, 0.15) is 73.3 Å². The molecule has 1 fully saturated rings. The predicted molar refractivity (Wildman–Crippen MR) is 200 cm³/mol. The second-order valence-electron chi connectivity index (χ2n) is 12.9. The van der Waals surface area contributed by atoms with Crippen molar-refractivity contribution in [3.63, 3.8) is 0 Å². The zero-order valence-corrected chi connectivity index (χ0v) is 29.9. The average Bonchev–Trinajstić information content (AvgIpc) is 3.09. The molecule has 4 amide bonds. The Balaban J connectivity index is 1.35. The molecule has 0 aliphatic carbocycles.